The van der Waals surface area contributed by atoms with Crippen LogP contribution in [0.2, 0.25) is 0 Å². The molecule has 0 aliphatic rings. The third kappa shape index (κ3) is 14.2. The molecule has 0 fully saturated rings. The molecule has 7 heteroatoms. The van der Waals surface area contributed by atoms with E-state index in [1.165, 1.54) is 0 Å². The van der Waals surface area contributed by atoms with Crippen LogP contribution in [0.1, 0.15) is 47.0 Å². The molecule has 3 nitrogen and oxygen atoms in total. The molecule has 0 rings (SSSR count). The molecule has 0 aromatic rings. The van der Waals surface area contributed by atoms with E-state index >= 15 is 0 Å². The normalized spacial score (nSPS) is 13.9. The van der Waals surface area contributed by atoms with Gasteiger partial charge in [0.1, 0.15) is 0 Å². The van der Waals surface area contributed by atoms with Crippen molar-refractivity contribution >= 4 is 29.9 Å². The number of aliphatic imine (C=N–C) groups is 1. The largest absolute Gasteiger partial charge is 0.390 e. The van der Waals surface area contributed by atoms with Crippen LogP contribution >= 0.6 is 24.0 Å². The molecule has 1 atom stereocenters. The number of nitrogens with one attached hydrogen (secondary N) is 2. The van der Waals surface area contributed by atoms with Crippen LogP contribution in [0.3, 0.4) is 0 Å². The van der Waals surface area contributed by atoms with Gasteiger partial charge in [-0.25, -0.2) is 0 Å². The highest BCUT2D eigenvalue weighted by molar-refractivity contribution is 14.0. The van der Waals surface area contributed by atoms with Gasteiger partial charge >= 0.3 is 6.18 Å². The molecular formula is C13H27F3IN3. The first kappa shape index (κ1) is 22.1. The second-order valence-electron chi connectivity index (χ2n) is 5.14. The molecule has 0 aliphatic carbocycles. The lowest BCUT2D eigenvalue weighted by molar-refractivity contribution is -0.132. The van der Waals surface area contributed by atoms with Gasteiger partial charge in [0.05, 0.1) is 13.0 Å². The van der Waals surface area contributed by atoms with Crippen LogP contribution in [-0.2, 0) is 0 Å². The van der Waals surface area contributed by atoms with E-state index in [1.54, 1.807) is 0 Å². The van der Waals surface area contributed by atoms with Crippen LogP contribution in [0.4, 0.5) is 13.2 Å². The Hall–Kier alpha value is -0.210. The van der Waals surface area contributed by atoms with Crippen molar-refractivity contribution in [2.24, 2.45) is 10.9 Å². The minimum Gasteiger partial charge on any atom is -0.357 e. The summed E-state index contributed by atoms with van der Waals surface area (Å²) in [7, 11) is 0. The summed E-state index contributed by atoms with van der Waals surface area (Å²) in [5.74, 6) is 1.08. The Morgan fingerprint density at radius 3 is 2.20 bits per heavy atom. The zero-order valence-corrected chi connectivity index (χ0v) is 15.0. The summed E-state index contributed by atoms with van der Waals surface area (Å²) in [5.41, 5.74) is 0. The van der Waals surface area contributed by atoms with Gasteiger partial charge in [-0.1, -0.05) is 13.8 Å². The monoisotopic (exact) mass is 409 g/mol. The Kier molecular flexibility index (Phi) is 12.6. The molecule has 0 radical (unpaired) electrons. The van der Waals surface area contributed by atoms with Gasteiger partial charge in [0, 0.05) is 12.6 Å². The maximum Gasteiger partial charge on any atom is 0.390 e. The summed E-state index contributed by atoms with van der Waals surface area (Å²) >= 11 is 0. The van der Waals surface area contributed by atoms with Crippen LogP contribution in [0.25, 0.3) is 0 Å². The van der Waals surface area contributed by atoms with Crippen molar-refractivity contribution in [3.8, 4) is 0 Å². The van der Waals surface area contributed by atoms with Crippen molar-refractivity contribution in [1.82, 2.24) is 10.6 Å². The molecule has 122 valence electrons. The highest BCUT2D eigenvalue weighted by Gasteiger charge is 2.26. The van der Waals surface area contributed by atoms with E-state index < -0.39 is 12.6 Å². The summed E-state index contributed by atoms with van der Waals surface area (Å²) in [6.07, 6.45) is -2.98. The number of guanidine groups is 1. The molecule has 0 aromatic carbocycles. The molecule has 0 bridgehead atoms. The Morgan fingerprint density at radius 2 is 1.75 bits per heavy atom. The Morgan fingerprint density at radius 1 is 1.15 bits per heavy atom. The molecule has 0 saturated heterocycles. The zero-order valence-electron chi connectivity index (χ0n) is 12.7. The van der Waals surface area contributed by atoms with Crippen molar-refractivity contribution in [3.63, 3.8) is 0 Å². The van der Waals surface area contributed by atoms with Crippen molar-refractivity contribution < 1.29 is 13.2 Å². The Bertz CT molecular complexity index is 268. The fraction of sp³-hybridized carbons (Fsp3) is 0.923. The zero-order chi connectivity index (χ0) is 14.9. The summed E-state index contributed by atoms with van der Waals surface area (Å²) in [4.78, 5) is 3.94. The summed E-state index contributed by atoms with van der Waals surface area (Å²) in [5, 5.41) is 6.09. The third-order valence-electron chi connectivity index (χ3n) is 2.57. The minimum atomic E-state index is -4.15. The molecular weight excluding hydrogens is 382 g/mol. The molecule has 1 unspecified atom stereocenters. The van der Waals surface area contributed by atoms with Gasteiger partial charge in [0.2, 0.25) is 0 Å². The van der Waals surface area contributed by atoms with Crippen molar-refractivity contribution in [3.05, 3.63) is 0 Å². The maximum atomic E-state index is 12.1. The summed E-state index contributed by atoms with van der Waals surface area (Å²) in [6, 6.07) is 0.200. The second-order valence-corrected chi connectivity index (χ2v) is 5.14. The number of hydrogen-bond acceptors (Lipinski definition) is 1. The molecule has 0 aromatic heterocycles. The van der Waals surface area contributed by atoms with Crippen LogP contribution in [0.5, 0.6) is 0 Å². The third-order valence-corrected chi connectivity index (χ3v) is 2.57. The number of nitrogens with zero attached hydrogens (tertiary/aromatic N) is 1. The molecule has 0 aliphatic heterocycles. The lowest BCUT2D eigenvalue weighted by Gasteiger charge is -2.18. The van der Waals surface area contributed by atoms with Gasteiger partial charge in [0.25, 0.3) is 0 Å². The average molecular weight is 409 g/mol. The van der Waals surface area contributed by atoms with Crippen LogP contribution in [0.15, 0.2) is 4.99 Å². The van der Waals surface area contributed by atoms with Crippen molar-refractivity contribution in [2.45, 2.75) is 59.2 Å². The first-order valence-electron chi connectivity index (χ1n) is 6.86. The first-order valence-corrected chi connectivity index (χ1v) is 6.86. The highest BCUT2D eigenvalue weighted by Crippen LogP contribution is 2.18. The van der Waals surface area contributed by atoms with E-state index in [9.17, 15) is 13.2 Å². The summed E-state index contributed by atoms with van der Waals surface area (Å²) in [6.45, 7) is 8.59. The highest BCUT2D eigenvalue weighted by atomic mass is 127. The molecule has 2 N–H and O–H groups in total. The topological polar surface area (TPSA) is 36.4 Å². The number of halogens is 4. The van der Waals surface area contributed by atoms with E-state index in [-0.39, 0.29) is 36.6 Å². The van der Waals surface area contributed by atoms with Crippen LogP contribution in [-0.4, -0.2) is 31.3 Å². The first-order chi connectivity index (χ1) is 8.74. The Labute approximate surface area is 137 Å². The lowest BCUT2D eigenvalue weighted by Crippen LogP contribution is -2.42. The molecule has 20 heavy (non-hydrogen) atoms. The van der Waals surface area contributed by atoms with Crippen LogP contribution < -0.4 is 10.6 Å². The van der Waals surface area contributed by atoms with E-state index in [0.29, 0.717) is 18.4 Å². The minimum absolute atomic E-state index is 0. The van der Waals surface area contributed by atoms with E-state index in [1.807, 2.05) is 13.8 Å². The number of hydrogen-bond donors (Lipinski definition) is 2. The predicted molar refractivity (Wildman–Crippen MR) is 88.7 cm³/mol. The Balaban J connectivity index is 0. The fourth-order valence-corrected chi connectivity index (χ4v) is 1.50. The molecule has 0 saturated carbocycles. The SMILES string of the molecule is CCNC(=NCCC(F)(F)F)NC(C)CCC(C)C.I. The molecule has 0 amide bonds. The fourth-order valence-electron chi connectivity index (χ4n) is 1.50. The van der Waals surface area contributed by atoms with Crippen molar-refractivity contribution in [2.75, 3.05) is 13.1 Å². The summed E-state index contributed by atoms with van der Waals surface area (Å²) < 4.78 is 36.2. The van der Waals surface area contributed by atoms with E-state index in [0.717, 1.165) is 12.8 Å². The lowest BCUT2D eigenvalue weighted by atomic mass is 10.0. The van der Waals surface area contributed by atoms with Gasteiger partial charge in [-0.15, -0.1) is 24.0 Å². The second kappa shape index (κ2) is 11.4. The smallest absolute Gasteiger partial charge is 0.357 e. The molecule has 0 spiro atoms. The van der Waals surface area contributed by atoms with Gasteiger partial charge in [-0.2, -0.15) is 13.2 Å². The van der Waals surface area contributed by atoms with Gasteiger partial charge in [-0.3, -0.25) is 4.99 Å². The van der Waals surface area contributed by atoms with Gasteiger partial charge in [-0.05, 0) is 32.6 Å². The van der Waals surface area contributed by atoms with Gasteiger partial charge in [0.15, 0.2) is 5.96 Å². The quantitative estimate of drug-likeness (QED) is 0.380. The van der Waals surface area contributed by atoms with E-state index in [4.69, 9.17) is 0 Å². The number of alkyl halides is 3. The molecule has 0 heterocycles. The standard InChI is InChI=1S/C13H26F3N3.HI/c1-5-17-12(18-9-8-13(14,15)16)19-11(4)7-6-10(2)3;/h10-11H,5-9H2,1-4H3,(H2,17,18,19);1H. The number of rotatable bonds is 7. The maximum absolute atomic E-state index is 12.1. The predicted octanol–water partition coefficient (Wildman–Crippen LogP) is 3.94. The van der Waals surface area contributed by atoms with E-state index in [2.05, 4.69) is 29.5 Å². The average Bonchev–Trinajstić information content (AvgIpc) is 2.24. The van der Waals surface area contributed by atoms with Gasteiger partial charge < -0.3 is 10.6 Å². The van der Waals surface area contributed by atoms with Crippen molar-refractivity contribution in [1.29, 1.82) is 0 Å². The van der Waals surface area contributed by atoms with Crippen LogP contribution in [0, 0.1) is 5.92 Å².